The molecule has 0 radical (unpaired) electrons. The number of benzene rings is 4. The molecule has 0 spiro atoms. The largest absolute Gasteiger partial charge is 0.0833 e. The zero-order valence-corrected chi connectivity index (χ0v) is 28.6. The van der Waals surface area contributed by atoms with Crippen molar-refractivity contribution in [2.75, 3.05) is 0 Å². The lowest BCUT2D eigenvalue weighted by molar-refractivity contribution is 0.0188. The van der Waals surface area contributed by atoms with Gasteiger partial charge < -0.3 is 0 Å². The summed E-state index contributed by atoms with van der Waals surface area (Å²) in [6, 6.07) is 33.4. The Balaban J connectivity index is 1.20. The molecule has 1 fully saturated rings. The van der Waals surface area contributed by atoms with E-state index in [1.165, 1.54) is 55.3 Å². The van der Waals surface area contributed by atoms with Crippen molar-refractivity contribution in [2.24, 2.45) is 34.0 Å². The molecule has 7 atom stereocenters. The maximum Gasteiger partial charge on any atom is 0.0313 e. The van der Waals surface area contributed by atoms with Crippen LogP contribution in [-0.2, 0) is 5.41 Å². The molecular formula is C49H42. The first kappa shape index (κ1) is 29.0. The minimum atomic E-state index is -0.203. The molecule has 0 aliphatic heterocycles. The lowest BCUT2D eigenvalue weighted by Crippen LogP contribution is -2.61. The first-order valence-electron chi connectivity index (χ1n) is 18.1. The molecule has 0 saturated heterocycles. The Kier molecular flexibility index (Phi) is 5.95. The van der Waals surface area contributed by atoms with Crippen LogP contribution in [0.3, 0.4) is 0 Å². The molecule has 4 aromatic carbocycles. The van der Waals surface area contributed by atoms with Crippen LogP contribution in [0.5, 0.6) is 0 Å². The van der Waals surface area contributed by atoms with Crippen molar-refractivity contribution in [3.8, 4) is 0 Å². The molecule has 7 unspecified atom stereocenters. The topological polar surface area (TPSA) is 0 Å². The maximum absolute atomic E-state index is 2.69. The average Bonchev–Trinajstić information content (AvgIpc) is 3.82. The van der Waals surface area contributed by atoms with Gasteiger partial charge in [-0.3, -0.25) is 0 Å². The molecule has 0 nitrogen and oxygen atoms in total. The number of allylic oxidation sites excluding steroid dienone is 14. The van der Waals surface area contributed by atoms with E-state index < -0.39 is 0 Å². The van der Waals surface area contributed by atoms with E-state index in [2.05, 4.69) is 191 Å². The first-order chi connectivity index (χ1) is 23.9. The van der Waals surface area contributed by atoms with Gasteiger partial charge in [0, 0.05) is 16.2 Å². The van der Waals surface area contributed by atoms with Gasteiger partial charge in [-0.1, -0.05) is 191 Å². The molecule has 1 saturated carbocycles. The van der Waals surface area contributed by atoms with Gasteiger partial charge in [-0.25, -0.2) is 0 Å². The summed E-state index contributed by atoms with van der Waals surface area (Å²) in [7, 11) is 0. The molecule has 10 rings (SSSR count). The van der Waals surface area contributed by atoms with Crippen LogP contribution in [-0.4, -0.2) is 0 Å². The van der Waals surface area contributed by atoms with E-state index in [0.717, 1.165) is 6.42 Å². The number of fused-ring (bicyclic) bond motifs is 1. The Morgan fingerprint density at radius 1 is 0.673 bits per heavy atom. The fraction of sp³-hybridized carbons (Fsp3) is 0.224. The van der Waals surface area contributed by atoms with Crippen LogP contribution in [0.25, 0.3) is 34.1 Å². The van der Waals surface area contributed by atoms with E-state index in [1.807, 2.05) is 0 Å². The number of rotatable bonds is 5. The van der Waals surface area contributed by atoms with E-state index in [0.29, 0.717) is 17.8 Å². The van der Waals surface area contributed by atoms with Crippen LogP contribution >= 0.6 is 0 Å². The molecular weight excluding hydrogens is 589 g/mol. The molecule has 4 aromatic rings. The van der Waals surface area contributed by atoms with Crippen molar-refractivity contribution in [1.29, 1.82) is 0 Å². The predicted octanol–water partition coefficient (Wildman–Crippen LogP) is 12.2. The Hall–Kier alpha value is -4.94. The van der Waals surface area contributed by atoms with Crippen molar-refractivity contribution in [3.05, 3.63) is 191 Å². The highest BCUT2D eigenvalue weighted by Gasteiger charge is 2.75. The highest BCUT2D eigenvalue weighted by molar-refractivity contribution is 6.00. The molecule has 0 bridgehead atoms. The molecule has 0 heterocycles. The Morgan fingerprint density at radius 2 is 1.45 bits per heavy atom. The van der Waals surface area contributed by atoms with E-state index >= 15 is 0 Å². The van der Waals surface area contributed by atoms with E-state index in [-0.39, 0.29) is 21.7 Å². The first-order valence-corrected chi connectivity index (χ1v) is 18.1. The van der Waals surface area contributed by atoms with Gasteiger partial charge in [-0.2, -0.15) is 0 Å². The van der Waals surface area contributed by atoms with Gasteiger partial charge >= 0.3 is 0 Å². The lowest BCUT2D eigenvalue weighted by atomic mass is 9.37. The molecule has 0 aromatic heterocycles. The molecule has 6 aliphatic carbocycles. The molecule has 0 heteroatoms. The molecule has 6 aliphatic rings. The number of hydrogen-bond acceptors (Lipinski definition) is 0. The van der Waals surface area contributed by atoms with Crippen LogP contribution in [0.2, 0.25) is 0 Å². The van der Waals surface area contributed by atoms with Crippen molar-refractivity contribution in [2.45, 2.75) is 32.6 Å². The van der Waals surface area contributed by atoms with Crippen LogP contribution in [0.4, 0.5) is 0 Å². The minimum Gasteiger partial charge on any atom is -0.0833 e. The highest BCUT2D eigenvalue weighted by Crippen LogP contribution is 2.80. The van der Waals surface area contributed by atoms with Gasteiger partial charge in [-0.15, -0.1) is 0 Å². The minimum absolute atomic E-state index is 0.0873. The fourth-order valence-corrected chi connectivity index (χ4v) is 11.3. The summed E-state index contributed by atoms with van der Waals surface area (Å²) in [5.41, 5.74) is 10.5. The zero-order chi connectivity index (χ0) is 33.0. The predicted molar refractivity (Wildman–Crippen MR) is 207 cm³/mol. The van der Waals surface area contributed by atoms with Crippen molar-refractivity contribution in [3.63, 3.8) is 0 Å². The lowest BCUT2D eigenvalue weighted by Gasteiger charge is -2.65. The molecule has 0 amide bonds. The normalized spacial score (nSPS) is 33.3. The highest BCUT2D eigenvalue weighted by atomic mass is 14.8. The second kappa shape index (κ2) is 10.1. The SMILES string of the molecule is CC1C2C=C(c3ccccc3)C=CCC12C(C1(C)C=CC=C(c2ccccc2)C=C1)C12C=Cc3ccc4cccc5c4c3C1(C)C(=C2)C=C5. The standard InChI is InChI=1S/C49H42/c1-33-42-31-40(35-15-8-5-9-16-35)20-12-28-49(33,42)45(46(2)27-11-19-36(25-29-46)34-13-6-4-7-14-34)48-30-26-39-22-21-37-17-10-18-38-23-24-41(32-48)47(48,3)44(39)43(37)38/h4-27,29-33,42,45H,28H2,1-3H3. The summed E-state index contributed by atoms with van der Waals surface area (Å²) in [6.07, 6.45) is 33.5. The Bertz CT molecular complexity index is 2300. The van der Waals surface area contributed by atoms with Crippen molar-refractivity contribution < 1.29 is 0 Å². The van der Waals surface area contributed by atoms with Gasteiger partial charge in [0.05, 0.1) is 0 Å². The van der Waals surface area contributed by atoms with Crippen LogP contribution in [0.1, 0.15) is 55.0 Å². The van der Waals surface area contributed by atoms with Gasteiger partial charge in [0.1, 0.15) is 0 Å². The zero-order valence-electron chi connectivity index (χ0n) is 28.6. The molecule has 49 heavy (non-hydrogen) atoms. The molecule has 238 valence electrons. The summed E-state index contributed by atoms with van der Waals surface area (Å²) in [5, 5.41) is 2.78. The quantitative estimate of drug-likeness (QED) is 0.206. The third-order valence-corrected chi connectivity index (χ3v) is 13.7. The van der Waals surface area contributed by atoms with E-state index in [9.17, 15) is 0 Å². The van der Waals surface area contributed by atoms with Crippen molar-refractivity contribution >= 4 is 34.1 Å². The average molecular weight is 631 g/mol. The summed E-state index contributed by atoms with van der Waals surface area (Å²) < 4.78 is 0. The smallest absolute Gasteiger partial charge is 0.0313 e. The summed E-state index contributed by atoms with van der Waals surface area (Å²) in [6.45, 7) is 7.66. The van der Waals surface area contributed by atoms with Gasteiger partial charge in [0.15, 0.2) is 0 Å². The van der Waals surface area contributed by atoms with Crippen LogP contribution in [0.15, 0.2) is 163 Å². The van der Waals surface area contributed by atoms with Crippen molar-refractivity contribution in [1.82, 2.24) is 0 Å². The van der Waals surface area contributed by atoms with Gasteiger partial charge in [0.25, 0.3) is 0 Å². The Labute approximate surface area is 291 Å². The number of hydrogen-bond donors (Lipinski definition) is 0. The monoisotopic (exact) mass is 630 g/mol. The maximum atomic E-state index is 2.69. The third kappa shape index (κ3) is 3.75. The third-order valence-electron chi connectivity index (χ3n) is 13.7. The second-order valence-electron chi connectivity index (χ2n) is 15.8. The second-order valence-corrected chi connectivity index (χ2v) is 15.8. The summed E-state index contributed by atoms with van der Waals surface area (Å²) in [5.74, 6) is 1.35. The van der Waals surface area contributed by atoms with E-state index in [4.69, 9.17) is 0 Å². The van der Waals surface area contributed by atoms with Gasteiger partial charge in [0.2, 0.25) is 0 Å². The fourth-order valence-electron chi connectivity index (χ4n) is 11.3. The summed E-state index contributed by atoms with van der Waals surface area (Å²) in [4.78, 5) is 0. The van der Waals surface area contributed by atoms with Crippen LogP contribution in [0, 0.1) is 34.0 Å². The summed E-state index contributed by atoms with van der Waals surface area (Å²) >= 11 is 0. The molecule has 0 N–H and O–H groups in total. The van der Waals surface area contributed by atoms with Crippen LogP contribution < -0.4 is 0 Å². The Morgan fingerprint density at radius 3 is 2.24 bits per heavy atom. The van der Waals surface area contributed by atoms with Gasteiger partial charge in [-0.05, 0) is 84.9 Å². The van der Waals surface area contributed by atoms with E-state index in [1.54, 1.807) is 0 Å².